The number of fused-ring (bicyclic) bond motifs is 4. The third kappa shape index (κ3) is 8.27. The van der Waals surface area contributed by atoms with Gasteiger partial charge in [-0.05, 0) is 129 Å². The molecule has 382 valence electrons. The topological polar surface area (TPSA) is 135 Å². The fourth-order valence-electron chi connectivity index (χ4n) is 11.5. The zero-order chi connectivity index (χ0) is 54.0. The van der Waals surface area contributed by atoms with Gasteiger partial charge < -0.3 is 9.80 Å². The van der Waals surface area contributed by atoms with Crippen LogP contribution in [0.25, 0.3) is 80.0 Å². The highest BCUT2D eigenvalue weighted by Crippen LogP contribution is 2.47. The molecule has 0 aliphatic carbocycles. The van der Waals surface area contributed by atoms with Gasteiger partial charge in [0, 0.05) is 70.0 Å². The van der Waals surface area contributed by atoms with E-state index in [1.54, 1.807) is 24.8 Å². The fraction of sp³-hybridized carbons (Fsp3) is 0.0606. The van der Waals surface area contributed by atoms with Crippen molar-refractivity contribution < 1.29 is 0 Å². The maximum absolute atomic E-state index is 5.36. The van der Waals surface area contributed by atoms with Crippen molar-refractivity contribution >= 4 is 71.0 Å². The molecule has 2 aliphatic rings. The summed E-state index contributed by atoms with van der Waals surface area (Å²) in [6.07, 6.45) is 7.02. The summed E-state index contributed by atoms with van der Waals surface area (Å²) in [5.74, 6) is 2.52. The number of pyridine rings is 4. The quantitative estimate of drug-likeness (QED) is 0.127. The van der Waals surface area contributed by atoms with E-state index in [0.717, 1.165) is 56.4 Å². The normalized spacial score (nSPS) is 13.7. The Balaban J connectivity index is 1.08. The van der Waals surface area contributed by atoms with Gasteiger partial charge in [-0.1, -0.05) is 135 Å². The van der Waals surface area contributed by atoms with Crippen LogP contribution in [0.1, 0.15) is 0 Å². The molecular weight excluding hydrogens is 1020 g/mol. The number of para-hydroxylation sites is 4. The van der Waals surface area contributed by atoms with Gasteiger partial charge in [0.05, 0.1) is 0 Å². The minimum atomic E-state index is -2.13. The second-order valence-corrected chi connectivity index (χ2v) is 29.6. The fourth-order valence-corrected chi connectivity index (χ4v) is 17.5. The third-order valence-corrected chi connectivity index (χ3v) is 22.5. The summed E-state index contributed by atoms with van der Waals surface area (Å²) in [6, 6.07) is 71.6. The molecule has 0 spiro atoms. The zero-order valence-corrected chi connectivity index (χ0v) is 46.3. The van der Waals surface area contributed by atoms with Gasteiger partial charge in [0.25, 0.3) is 0 Å². The van der Waals surface area contributed by atoms with Crippen molar-refractivity contribution in [1.82, 2.24) is 49.8 Å². The number of aromatic nitrogens is 10. The molecule has 12 aromatic rings. The standard InChI is InChI=1S/C66H50N12Si2/c1-79(2)57-29-9-5-25-53(57)77(54-26-6-10-30-58(54)79)43-33-35-45(47(41-43)61-71-63(49-21-13-17-37-67-49)75-64(72-61)50-22-14-18-38-68-50)46-36-34-44(78-55-27-7-11-31-59(55)80(3,4)60-32-12-8-28-56(60)78)42-48(46)62-73-65(51-23-15-19-39-69-51)76-66(74-62)52-24-16-20-40-70-52/h5-42H,1-4H3. The van der Waals surface area contributed by atoms with Crippen LogP contribution in [-0.2, 0) is 0 Å². The van der Waals surface area contributed by atoms with Gasteiger partial charge in [0.15, 0.2) is 34.9 Å². The van der Waals surface area contributed by atoms with Crippen molar-refractivity contribution in [2.75, 3.05) is 9.80 Å². The smallest absolute Gasteiger partial charge is 0.182 e. The van der Waals surface area contributed by atoms with Crippen LogP contribution in [-0.4, -0.2) is 66.0 Å². The van der Waals surface area contributed by atoms with E-state index in [0.29, 0.717) is 57.7 Å². The number of benzene rings is 6. The van der Waals surface area contributed by atoms with E-state index in [-0.39, 0.29) is 0 Å². The van der Waals surface area contributed by atoms with E-state index >= 15 is 0 Å². The minimum Gasteiger partial charge on any atom is -0.311 e. The summed E-state index contributed by atoms with van der Waals surface area (Å²) in [6.45, 7) is 9.76. The van der Waals surface area contributed by atoms with Crippen molar-refractivity contribution in [3.8, 4) is 80.0 Å². The molecule has 0 bridgehead atoms. The van der Waals surface area contributed by atoms with Gasteiger partial charge >= 0.3 is 0 Å². The Morgan fingerprint density at radius 1 is 0.263 bits per heavy atom. The summed E-state index contributed by atoms with van der Waals surface area (Å²) in [5, 5.41) is 5.41. The number of hydrogen-bond acceptors (Lipinski definition) is 12. The van der Waals surface area contributed by atoms with E-state index in [1.165, 1.54) is 20.7 Å². The molecule has 0 N–H and O–H groups in total. The Bertz CT molecular complexity index is 3840. The minimum absolute atomic E-state index is 0.413. The first kappa shape index (κ1) is 48.4. The van der Waals surface area contributed by atoms with Gasteiger partial charge in [0.1, 0.15) is 38.9 Å². The molecule has 2 aliphatic heterocycles. The maximum Gasteiger partial charge on any atom is 0.182 e. The number of rotatable bonds is 9. The van der Waals surface area contributed by atoms with Gasteiger partial charge in [-0.15, -0.1) is 0 Å². The zero-order valence-electron chi connectivity index (χ0n) is 44.3. The Hall–Kier alpha value is -10.0. The highest BCUT2D eigenvalue weighted by Gasteiger charge is 2.40. The second kappa shape index (κ2) is 19.5. The van der Waals surface area contributed by atoms with Crippen LogP contribution in [0.3, 0.4) is 0 Å². The van der Waals surface area contributed by atoms with Gasteiger partial charge in [-0.3, -0.25) is 19.9 Å². The summed E-state index contributed by atoms with van der Waals surface area (Å²) in [5.41, 5.74) is 12.0. The van der Waals surface area contributed by atoms with E-state index in [9.17, 15) is 0 Å². The van der Waals surface area contributed by atoms with Crippen LogP contribution in [0.5, 0.6) is 0 Å². The molecular formula is C66H50N12Si2. The third-order valence-electron chi connectivity index (χ3n) is 15.4. The molecule has 0 fully saturated rings. The predicted octanol–water partition coefficient (Wildman–Crippen LogP) is 12.5. The van der Waals surface area contributed by atoms with E-state index < -0.39 is 16.1 Å². The SMILES string of the molecule is C[Si]1(C)c2ccccc2N(c2ccc(-c3ccc(N4c5ccccc5[Si](C)(C)c5ccccc54)cc3-c3nc(-c4ccccn4)nc(-c4ccccn4)n3)c(-c3nc(-c4ccccn4)nc(-c4ccccn4)n3)c2)c2ccccc21. The van der Waals surface area contributed by atoms with Crippen molar-refractivity contribution in [3.05, 3.63) is 231 Å². The van der Waals surface area contributed by atoms with Gasteiger partial charge in [-0.25, -0.2) is 29.9 Å². The molecule has 0 saturated heterocycles. The monoisotopic (exact) mass is 1070 g/mol. The van der Waals surface area contributed by atoms with Crippen LogP contribution < -0.4 is 30.5 Å². The number of nitrogens with zero attached hydrogens (tertiary/aromatic N) is 12. The summed E-state index contributed by atoms with van der Waals surface area (Å²) >= 11 is 0. The molecule has 80 heavy (non-hydrogen) atoms. The average Bonchev–Trinajstić information content (AvgIpc) is 3.31. The maximum atomic E-state index is 5.36. The van der Waals surface area contributed by atoms with Crippen molar-refractivity contribution in [2.45, 2.75) is 26.2 Å². The van der Waals surface area contributed by atoms with Gasteiger partial charge in [-0.2, -0.15) is 0 Å². The Morgan fingerprint density at radius 3 is 0.800 bits per heavy atom. The van der Waals surface area contributed by atoms with Gasteiger partial charge in [0.2, 0.25) is 0 Å². The first-order valence-corrected chi connectivity index (χ1v) is 32.6. The number of hydrogen-bond donors (Lipinski definition) is 0. The molecule has 6 aromatic carbocycles. The molecule has 8 heterocycles. The van der Waals surface area contributed by atoms with Crippen LogP contribution in [0, 0.1) is 0 Å². The van der Waals surface area contributed by atoms with E-state index in [1.807, 2.05) is 72.8 Å². The second-order valence-electron chi connectivity index (χ2n) is 20.9. The van der Waals surface area contributed by atoms with Crippen LogP contribution in [0.15, 0.2) is 231 Å². The summed E-state index contributed by atoms with van der Waals surface area (Å²) in [7, 11) is -4.26. The average molecular weight is 1070 g/mol. The lowest BCUT2D eigenvalue weighted by molar-refractivity contribution is 1.04. The Labute approximate surface area is 465 Å². The lowest BCUT2D eigenvalue weighted by atomic mass is 9.92. The van der Waals surface area contributed by atoms with E-state index in [4.69, 9.17) is 49.8 Å². The Kier molecular flexibility index (Phi) is 11.8. The first-order chi connectivity index (χ1) is 39.2. The molecule has 14 heteroatoms. The molecule has 0 amide bonds. The summed E-state index contributed by atoms with van der Waals surface area (Å²) < 4.78 is 0. The molecule has 14 rings (SSSR count). The highest BCUT2D eigenvalue weighted by molar-refractivity contribution is 7.03. The molecule has 0 atom stereocenters. The van der Waals surface area contributed by atoms with Crippen LogP contribution in [0.2, 0.25) is 26.2 Å². The van der Waals surface area contributed by atoms with Crippen molar-refractivity contribution in [3.63, 3.8) is 0 Å². The molecule has 0 saturated carbocycles. The predicted molar refractivity (Wildman–Crippen MR) is 325 cm³/mol. The molecule has 6 aromatic heterocycles. The van der Waals surface area contributed by atoms with Crippen molar-refractivity contribution in [2.24, 2.45) is 0 Å². The Morgan fingerprint density at radius 2 is 0.525 bits per heavy atom. The molecule has 0 radical (unpaired) electrons. The first-order valence-electron chi connectivity index (χ1n) is 26.6. The lowest BCUT2D eigenvalue weighted by Crippen LogP contribution is -2.58. The largest absolute Gasteiger partial charge is 0.311 e. The highest BCUT2D eigenvalue weighted by atomic mass is 28.3. The van der Waals surface area contributed by atoms with Crippen LogP contribution in [0.4, 0.5) is 34.1 Å². The molecule has 12 nitrogen and oxygen atoms in total. The van der Waals surface area contributed by atoms with Crippen LogP contribution >= 0.6 is 0 Å². The number of anilines is 6. The van der Waals surface area contributed by atoms with E-state index in [2.05, 4.69) is 169 Å². The summed E-state index contributed by atoms with van der Waals surface area (Å²) in [4.78, 5) is 55.3. The molecule has 0 unspecified atom stereocenters. The lowest BCUT2D eigenvalue weighted by Gasteiger charge is -2.41. The van der Waals surface area contributed by atoms with Crippen molar-refractivity contribution in [1.29, 1.82) is 0 Å².